The maximum absolute atomic E-state index is 14.8. The zero-order chi connectivity index (χ0) is 25.9. The van der Waals surface area contributed by atoms with Gasteiger partial charge in [0, 0.05) is 51.9 Å². The van der Waals surface area contributed by atoms with Gasteiger partial charge in [0.25, 0.3) is 5.92 Å². The molecule has 2 fully saturated rings. The molecule has 2 N–H and O–H groups in total. The van der Waals surface area contributed by atoms with E-state index >= 15 is 0 Å². The Morgan fingerprint density at radius 2 is 1.97 bits per heavy atom. The number of hydrogen-bond acceptors (Lipinski definition) is 9. The smallest absolute Gasteiger partial charge is 0.391 e. The third-order valence-electron chi connectivity index (χ3n) is 6.36. The molecule has 0 spiro atoms. The molecule has 0 aromatic carbocycles. The second kappa shape index (κ2) is 10.6. The molecular weight excluding hydrogens is 478 g/mol. The summed E-state index contributed by atoms with van der Waals surface area (Å²) < 4.78 is 36.3. The number of likely N-dealkylation sites (tertiary alicyclic amines) is 1. The van der Waals surface area contributed by atoms with E-state index in [1.165, 1.54) is 35.1 Å². The number of carbonyl (C=O) groups is 2. The fourth-order valence-corrected chi connectivity index (χ4v) is 4.20. The van der Waals surface area contributed by atoms with Crippen LogP contribution >= 0.6 is 0 Å². The largest absolute Gasteiger partial charge is 0.414 e. The molecule has 0 unspecified atom stereocenters. The van der Waals surface area contributed by atoms with Crippen LogP contribution in [0.2, 0.25) is 0 Å². The molecule has 196 valence electrons. The summed E-state index contributed by atoms with van der Waals surface area (Å²) in [6.45, 7) is 1.51. The summed E-state index contributed by atoms with van der Waals surface area (Å²) in [5.74, 6) is -2.85. The predicted molar refractivity (Wildman–Crippen MR) is 125 cm³/mol. The van der Waals surface area contributed by atoms with Crippen LogP contribution in [0, 0.1) is 0 Å². The highest BCUT2D eigenvalue weighted by atomic mass is 19.3. The van der Waals surface area contributed by atoms with Crippen molar-refractivity contribution < 1.29 is 23.1 Å². The SMILES string of the molecule is CN1CCC(NC(=O)Oc2ccnc(N3CCC(F)(F)[C@@H](N(C)C(=O)Nc4cn(C)nn4)C3)n2)CC1. The fraction of sp³-hybridized carbons (Fsp3) is 0.619. The number of urea groups is 1. The van der Waals surface area contributed by atoms with E-state index in [-0.39, 0.29) is 36.8 Å². The number of amides is 3. The van der Waals surface area contributed by atoms with E-state index in [2.05, 4.69) is 35.8 Å². The normalized spacial score (nSPS) is 20.6. The molecular formula is C21H30F2N10O3. The summed E-state index contributed by atoms with van der Waals surface area (Å²) in [5, 5.41) is 12.7. The highest BCUT2D eigenvalue weighted by Gasteiger charge is 2.48. The number of carbonyl (C=O) groups excluding carboxylic acids is 2. The van der Waals surface area contributed by atoms with Crippen LogP contribution in [0.25, 0.3) is 0 Å². The van der Waals surface area contributed by atoms with Crippen LogP contribution in [0.4, 0.5) is 30.1 Å². The summed E-state index contributed by atoms with van der Waals surface area (Å²) in [4.78, 5) is 38.0. The van der Waals surface area contributed by atoms with Gasteiger partial charge in [-0.25, -0.2) is 23.4 Å². The number of ether oxygens (including phenoxy) is 1. The standard InChI is InChI=1S/C21H30F2N10O3/c1-30-9-5-14(6-10-30)25-20(35)36-17-4-8-24-18(27-17)33-11-7-21(22,23)15(12-33)32(3)19(34)26-16-13-31(2)29-28-16/h4,8,13-15H,5-7,9-12H2,1-3H3,(H,25,35)(H,26,34)/t15-/m0/s1. The van der Waals surface area contributed by atoms with E-state index in [0.717, 1.165) is 30.8 Å². The van der Waals surface area contributed by atoms with E-state index in [1.807, 2.05) is 7.05 Å². The number of aryl methyl sites for hydroxylation is 1. The Hall–Kier alpha value is -3.62. The first-order valence-corrected chi connectivity index (χ1v) is 11.6. The summed E-state index contributed by atoms with van der Waals surface area (Å²) >= 11 is 0. The van der Waals surface area contributed by atoms with E-state index in [4.69, 9.17) is 4.74 Å². The van der Waals surface area contributed by atoms with Crippen molar-refractivity contribution in [2.24, 2.45) is 7.05 Å². The average molecular weight is 509 g/mol. The van der Waals surface area contributed by atoms with E-state index in [1.54, 1.807) is 7.05 Å². The van der Waals surface area contributed by atoms with Gasteiger partial charge < -0.3 is 24.8 Å². The number of anilines is 2. The molecule has 2 aliphatic rings. The summed E-state index contributed by atoms with van der Waals surface area (Å²) in [5.41, 5.74) is 0. The molecule has 2 saturated heterocycles. The number of rotatable bonds is 5. The third kappa shape index (κ3) is 6.13. The topological polar surface area (TPSA) is 134 Å². The van der Waals surface area contributed by atoms with Gasteiger partial charge in [0.1, 0.15) is 6.04 Å². The van der Waals surface area contributed by atoms with E-state index < -0.39 is 30.5 Å². The van der Waals surface area contributed by atoms with Crippen molar-refractivity contribution in [1.29, 1.82) is 0 Å². The third-order valence-corrected chi connectivity index (χ3v) is 6.36. The Kier molecular flexibility index (Phi) is 7.47. The van der Waals surface area contributed by atoms with Crippen molar-refractivity contribution in [1.82, 2.24) is 40.1 Å². The van der Waals surface area contributed by atoms with Crippen molar-refractivity contribution in [2.75, 3.05) is 50.5 Å². The van der Waals surface area contributed by atoms with Crippen molar-refractivity contribution in [3.63, 3.8) is 0 Å². The Balaban J connectivity index is 1.39. The first kappa shape index (κ1) is 25.5. The van der Waals surface area contributed by atoms with Gasteiger partial charge in [0.05, 0.1) is 6.20 Å². The molecule has 1 atom stereocenters. The van der Waals surface area contributed by atoms with Gasteiger partial charge in [-0.2, -0.15) is 4.98 Å². The lowest BCUT2D eigenvalue weighted by atomic mass is 10.00. The second-order valence-electron chi connectivity index (χ2n) is 9.10. The summed E-state index contributed by atoms with van der Waals surface area (Å²) in [6.07, 6.45) is 3.36. The number of aromatic nitrogens is 5. The lowest BCUT2D eigenvalue weighted by molar-refractivity contribution is -0.0760. The van der Waals surface area contributed by atoms with Crippen LogP contribution in [-0.2, 0) is 7.05 Å². The monoisotopic (exact) mass is 508 g/mol. The van der Waals surface area contributed by atoms with Crippen molar-refractivity contribution in [2.45, 2.75) is 37.3 Å². The Bertz CT molecular complexity index is 1080. The Morgan fingerprint density at radius 3 is 2.67 bits per heavy atom. The number of piperidine rings is 2. The van der Waals surface area contributed by atoms with Crippen LogP contribution in [0.1, 0.15) is 19.3 Å². The molecule has 2 aliphatic heterocycles. The van der Waals surface area contributed by atoms with Gasteiger partial charge in [-0.1, -0.05) is 5.21 Å². The van der Waals surface area contributed by atoms with Gasteiger partial charge in [0.2, 0.25) is 11.8 Å². The molecule has 0 saturated carbocycles. The second-order valence-corrected chi connectivity index (χ2v) is 9.10. The maximum Gasteiger partial charge on any atom is 0.414 e. The van der Waals surface area contributed by atoms with Gasteiger partial charge >= 0.3 is 12.1 Å². The summed E-state index contributed by atoms with van der Waals surface area (Å²) in [7, 11) is 4.94. The average Bonchev–Trinajstić information content (AvgIpc) is 3.24. The fourth-order valence-electron chi connectivity index (χ4n) is 4.20. The predicted octanol–water partition coefficient (Wildman–Crippen LogP) is 1.17. The van der Waals surface area contributed by atoms with Crippen molar-refractivity contribution in [3.05, 3.63) is 18.5 Å². The van der Waals surface area contributed by atoms with Gasteiger partial charge in [-0.15, -0.1) is 5.10 Å². The molecule has 15 heteroatoms. The number of nitrogens with zero attached hydrogens (tertiary/aromatic N) is 8. The molecule has 0 bridgehead atoms. The molecule has 4 heterocycles. The number of likely N-dealkylation sites (N-methyl/N-ethyl adjacent to an activating group) is 1. The van der Waals surface area contributed by atoms with Gasteiger partial charge in [-0.3, -0.25) is 10.00 Å². The highest BCUT2D eigenvalue weighted by molar-refractivity contribution is 5.88. The van der Waals surface area contributed by atoms with Crippen molar-refractivity contribution >= 4 is 23.9 Å². The van der Waals surface area contributed by atoms with Crippen LogP contribution in [-0.4, -0.2) is 105 Å². The minimum absolute atomic E-state index is 0.00746. The first-order chi connectivity index (χ1) is 17.1. The molecule has 4 rings (SSSR count). The molecule has 0 aliphatic carbocycles. The first-order valence-electron chi connectivity index (χ1n) is 11.6. The zero-order valence-electron chi connectivity index (χ0n) is 20.4. The number of alkyl halides is 2. The highest BCUT2D eigenvalue weighted by Crippen LogP contribution is 2.33. The van der Waals surface area contributed by atoms with Crippen LogP contribution in [0.15, 0.2) is 18.5 Å². The molecule has 13 nitrogen and oxygen atoms in total. The van der Waals surface area contributed by atoms with Crippen molar-refractivity contribution in [3.8, 4) is 5.88 Å². The van der Waals surface area contributed by atoms with E-state index in [0.29, 0.717) is 0 Å². The Morgan fingerprint density at radius 1 is 1.22 bits per heavy atom. The maximum atomic E-state index is 14.8. The van der Waals surface area contributed by atoms with E-state index in [9.17, 15) is 18.4 Å². The number of nitrogens with one attached hydrogen (secondary N) is 2. The number of halogens is 2. The molecule has 0 radical (unpaired) electrons. The van der Waals surface area contributed by atoms with Crippen LogP contribution < -0.4 is 20.3 Å². The zero-order valence-corrected chi connectivity index (χ0v) is 20.4. The minimum atomic E-state index is -3.13. The lowest BCUT2D eigenvalue weighted by Gasteiger charge is -2.42. The van der Waals surface area contributed by atoms with Crippen LogP contribution in [0.5, 0.6) is 5.88 Å². The van der Waals surface area contributed by atoms with Crippen LogP contribution in [0.3, 0.4) is 0 Å². The number of hydrogen-bond donors (Lipinski definition) is 2. The molecule has 36 heavy (non-hydrogen) atoms. The Labute approximate surface area is 206 Å². The molecule has 2 aromatic heterocycles. The summed E-state index contributed by atoms with van der Waals surface area (Å²) in [6, 6.07) is -0.758. The molecule has 3 amide bonds. The van der Waals surface area contributed by atoms with Gasteiger partial charge in [0.15, 0.2) is 5.82 Å². The lowest BCUT2D eigenvalue weighted by Crippen LogP contribution is -2.60. The quantitative estimate of drug-likeness (QED) is 0.610. The van der Waals surface area contributed by atoms with Gasteiger partial charge in [-0.05, 0) is 33.0 Å². The minimum Gasteiger partial charge on any atom is -0.391 e. The molecule has 2 aromatic rings.